The predicted octanol–water partition coefficient (Wildman–Crippen LogP) is 3.72. The number of carbonyl (C=O) groups excluding carboxylic acids is 1. The number of aromatic nitrogens is 2. The smallest absolute Gasteiger partial charge is 0.257 e. The van der Waals surface area contributed by atoms with Crippen LogP contribution in [0.4, 0.5) is 0 Å². The van der Waals surface area contributed by atoms with Crippen molar-refractivity contribution in [1.82, 2.24) is 14.7 Å². The number of carbonyl (C=O) groups is 1. The average molecular weight is 389 g/mol. The highest BCUT2D eigenvalue weighted by atomic mass is 16.2. The molecule has 0 bridgehead atoms. The summed E-state index contributed by atoms with van der Waals surface area (Å²) < 4.78 is 1.88. The lowest BCUT2D eigenvalue weighted by molar-refractivity contribution is 0.0694. The molecule has 5 heteroatoms. The topological polar surface area (TPSA) is 64.2 Å². The van der Waals surface area contributed by atoms with Crippen LogP contribution in [0.3, 0.4) is 0 Å². The van der Waals surface area contributed by atoms with E-state index in [1.54, 1.807) is 0 Å². The van der Waals surface area contributed by atoms with Gasteiger partial charge in [-0.15, -0.1) is 0 Å². The monoisotopic (exact) mass is 388 g/mol. The quantitative estimate of drug-likeness (QED) is 0.725. The Morgan fingerprint density at radius 2 is 1.76 bits per heavy atom. The molecule has 1 fully saturated rings. The van der Waals surface area contributed by atoms with Crippen LogP contribution in [0.1, 0.15) is 34.3 Å². The van der Waals surface area contributed by atoms with E-state index in [0.29, 0.717) is 24.6 Å². The van der Waals surface area contributed by atoms with E-state index in [9.17, 15) is 4.79 Å². The Hall–Kier alpha value is -2.92. The zero-order valence-electron chi connectivity index (χ0n) is 16.9. The first kappa shape index (κ1) is 19.4. The van der Waals surface area contributed by atoms with Crippen LogP contribution in [0.5, 0.6) is 0 Å². The molecule has 0 unspecified atom stereocenters. The molecule has 1 saturated heterocycles. The van der Waals surface area contributed by atoms with Crippen molar-refractivity contribution in [2.45, 2.75) is 26.3 Å². The van der Waals surface area contributed by atoms with Crippen molar-refractivity contribution in [3.63, 3.8) is 0 Å². The molecule has 2 heterocycles. The average Bonchev–Trinajstić information content (AvgIpc) is 3.18. The third-order valence-corrected chi connectivity index (χ3v) is 5.74. The number of hydrogen-bond acceptors (Lipinski definition) is 3. The maximum Gasteiger partial charge on any atom is 0.257 e. The van der Waals surface area contributed by atoms with Gasteiger partial charge in [0.25, 0.3) is 5.91 Å². The van der Waals surface area contributed by atoms with Crippen molar-refractivity contribution in [2.75, 3.05) is 19.6 Å². The van der Waals surface area contributed by atoms with E-state index >= 15 is 0 Å². The third kappa shape index (κ3) is 4.40. The van der Waals surface area contributed by atoms with Crippen molar-refractivity contribution in [2.24, 2.45) is 11.7 Å². The van der Waals surface area contributed by atoms with Gasteiger partial charge in [0.2, 0.25) is 0 Å². The maximum atomic E-state index is 13.4. The summed E-state index contributed by atoms with van der Waals surface area (Å²) in [5.41, 5.74) is 10.6. The van der Waals surface area contributed by atoms with Crippen LogP contribution in [0.15, 0.2) is 60.8 Å². The molecule has 2 N–H and O–H groups in total. The van der Waals surface area contributed by atoms with Gasteiger partial charge in [-0.2, -0.15) is 5.10 Å². The molecule has 2 aromatic carbocycles. The Balaban J connectivity index is 1.65. The van der Waals surface area contributed by atoms with E-state index in [2.05, 4.69) is 31.2 Å². The summed E-state index contributed by atoms with van der Waals surface area (Å²) in [6, 6.07) is 18.4. The summed E-state index contributed by atoms with van der Waals surface area (Å²) in [4.78, 5) is 15.3. The van der Waals surface area contributed by atoms with E-state index < -0.39 is 0 Å². The number of aryl methyl sites for hydroxylation is 1. The maximum absolute atomic E-state index is 13.4. The van der Waals surface area contributed by atoms with E-state index in [-0.39, 0.29) is 5.91 Å². The molecule has 1 aliphatic rings. The molecule has 4 rings (SSSR count). The lowest BCUT2D eigenvalue weighted by Gasteiger charge is -2.31. The minimum atomic E-state index is 0.0651. The van der Waals surface area contributed by atoms with Crippen molar-refractivity contribution in [3.8, 4) is 11.3 Å². The third-order valence-electron chi connectivity index (χ3n) is 5.74. The van der Waals surface area contributed by atoms with Gasteiger partial charge >= 0.3 is 0 Å². The van der Waals surface area contributed by atoms with Gasteiger partial charge < -0.3 is 10.6 Å². The molecule has 1 amide bonds. The van der Waals surface area contributed by atoms with Crippen molar-refractivity contribution >= 4 is 5.91 Å². The molecule has 0 spiro atoms. The molecule has 0 atom stereocenters. The van der Waals surface area contributed by atoms with Gasteiger partial charge in [-0.05, 0) is 37.8 Å². The molecule has 3 aromatic rings. The minimum absolute atomic E-state index is 0.0651. The summed E-state index contributed by atoms with van der Waals surface area (Å²) in [5, 5.41) is 4.80. The Morgan fingerprint density at radius 1 is 1.07 bits per heavy atom. The molecular formula is C24H28N4O. The van der Waals surface area contributed by atoms with E-state index in [1.807, 2.05) is 46.1 Å². The van der Waals surface area contributed by atoms with Crippen LogP contribution in [0.2, 0.25) is 0 Å². The highest BCUT2D eigenvalue weighted by Crippen LogP contribution is 2.26. The Kier molecular flexibility index (Phi) is 5.76. The van der Waals surface area contributed by atoms with Crippen molar-refractivity contribution < 1.29 is 4.79 Å². The lowest BCUT2D eigenvalue weighted by Crippen LogP contribution is -2.40. The fraction of sp³-hybridized carbons (Fsp3) is 0.333. The molecule has 1 aliphatic heterocycles. The highest BCUT2D eigenvalue weighted by molar-refractivity contribution is 5.99. The Morgan fingerprint density at radius 3 is 2.41 bits per heavy atom. The molecular weight excluding hydrogens is 360 g/mol. The number of nitrogens with zero attached hydrogens (tertiary/aromatic N) is 3. The van der Waals surface area contributed by atoms with Gasteiger partial charge in [-0.1, -0.05) is 60.2 Å². The number of likely N-dealkylation sites (tertiary alicyclic amines) is 1. The Bertz CT molecular complexity index is 954. The summed E-state index contributed by atoms with van der Waals surface area (Å²) in [6.07, 6.45) is 3.85. The zero-order chi connectivity index (χ0) is 20.2. The fourth-order valence-electron chi connectivity index (χ4n) is 3.90. The number of rotatable bonds is 5. The minimum Gasteiger partial charge on any atom is -0.339 e. The largest absolute Gasteiger partial charge is 0.339 e. The summed E-state index contributed by atoms with van der Waals surface area (Å²) in [7, 11) is 0. The number of benzene rings is 2. The highest BCUT2D eigenvalue weighted by Gasteiger charge is 2.26. The summed E-state index contributed by atoms with van der Waals surface area (Å²) in [5.74, 6) is 0.590. The van der Waals surface area contributed by atoms with Crippen molar-refractivity contribution in [1.29, 1.82) is 0 Å². The van der Waals surface area contributed by atoms with Gasteiger partial charge in [0.1, 0.15) is 5.69 Å². The van der Waals surface area contributed by atoms with Gasteiger partial charge in [-0.3, -0.25) is 9.48 Å². The SMILES string of the molecule is Cc1ccc(-c2nn(Cc3ccccc3)cc2C(=O)N2CCC(CN)CC2)cc1. The number of nitrogens with two attached hydrogens (primary N) is 1. The first-order valence-corrected chi connectivity index (χ1v) is 10.3. The van der Waals surface area contributed by atoms with E-state index in [0.717, 1.165) is 42.8 Å². The second kappa shape index (κ2) is 8.62. The number of piperidine rings is 1. The first-order chi connectivity index (χ1) is 14.1. The van der Waals surface area contributed by atoms with Crippen LogP contribution in [0, 0.1) is 12.8 Å². The van der Waals surface area contributed by atoms with Gasteiger partial charge in [0.05, 0.1) is 12.1 Å². The zero-order valence-corrected chi connectivity index (χ0v) is 16.9. The van der Waals surface area contributed by atoms with Crippen LogP contribution in [0.25, 0.3) is 11.3 Å². The normalized spacial score (nSPS) is 14.9. The fourth-order valence-corrected chi connectivity index (χ4v) is 3.90. The molecule has 150 valence electrons. The molecule has 0 radical (unpaired) electrons. The Labute approximate surface area is 172 Å². The predicted molar refractivity (Wildman–Crippen MR) is 116 cm³/mol. The number of hydrogen-bond donors (Lipinski definition) is 1. The second-order valence-corrected chi connectivity index (χ2v) is 7.91. The van der Waals surface area contributed by atoms with Crippen molar-refractivity contribution in [3.05, 3.63) is 77.5 Å². The lowest BCUT2D eigenvalue weighted by atomic mass is 9.96. The molecule has 0 aliphatic carbocycles. The van der Waals surface area contributed by atoms with E-state index in [4.69, 9.17) is 10.8 Å². The van der Waals surface area contributed by atoms with Crippen LogP contribution < -0.4 is 5.73 Å². The number of amides is 1. The molecule has 0 saturated carbocycles. The summed E-state index contributed by atoms with van der Waals surface area (Å²) in [6.45, 7) is 4.93. The van der Waals surface area contributed by atoms with Gasteiger partial charge in [0, 0.05) is 24.8 Å². The van der Waals surface area contributed by atoms with Crippen LogP contribution in [-0.4, -0.2) is 40.2 Å². The van der Waals surface area contributed by atoms with Crippen LogP contribution in [-0.2, 0) is 6.54 Å². The molecule has 29 heavy (non-hydrogen) atoms. The molecule has 1 aromatic heterocycles. The van der Waals surface area contributed by atoms with E-state index in [1.165, 1.54) is 5.56 Å². The first-order valence-electron chi connectivity index (χ1n) is 10.3. The molecule has 5 nitrogen and oxygen atoms in total. The van der Waals surface area contributed by atoms with Gasteiger partial charge in [0.15, 0.2) is 0 Å². The standard InChI is InChI=1S/C24H28N4O/c1-18-7-9-21(10-8-18)23-22(24(29)27-13-11-19(15-25)12-14-27)17-28(26-23)16-20-5-3-2-4-6-20/h2-10,17,19H,11-16,25H2,1H3. The van der Waals surface area contributed by atoms with Crippen LogP contribution >= 0.6 is 0 Å². The summed E-state index contributed by atoms with van der Waals surface area (Å²) >= 11 is 0. The van der Waals surface area contributed by atoms with Gasteiger partial charge in [-0.25, -0.2) is 0 Å². The second-order valence-electron chi connectivity index (χ2n) is 7.91.